The van der Waals surface area contributed by atoms with Crippen molar-refractivity contribution in [2.24, 2.45) is 0 Å². The van der Waals surface area contributed by atoms with Gasteiger partial charge in [0.05, 0.1) is 33.8 Å². The largest absolute Gasteiger partial charge is 0.756 e. The van der Waals surface area contributed by atoms with Crippen LogP contribution in [0.15, 0.2) is 60.8 Å². The fourth-order valence-corrected chi connectivity index (χ4v) is 11.1. The number of nitrogens with zero attached hydrogens (tertiary/aromatic N) is 1. The second-order valence-electron chi connectivity index (χ2n) is 25.4. The van der Waals surface area contributed by atoms with Crippen LogP contribution in [-0.2, 0) is 27.9 Å². The normalized spacial score (nSPS) is 13.9. The summed E-state index contributed by atoms with van der Waals surface area (Å²) in [5.41, 5.74) is 0. The molecule has 0 aliphatic rings. The third kappa shape index (κ3) is 64.0. The summed E-state index contributed by atoms with van der Waals surface area (Å²) in [6.07, 6.45) is 80.6. The lowest BCUT2D eigenvalue weighted by Crippen LogP contribution is -2.47. The molecule has 0 fully saturated rings. The molecule has 0 aliphatic carbocycles. The lowest BCUT2D eigenvalue weighted by molar-refractivity contribution is -0.870. The summed E-state index contributed by atoms with van der Waals surface area (Å²) >= 11 is 0. The number of allylic oxidation sites excluding steroid dienone is 9. The molecule has 10 heteroatoms. The van der Waals surface area contributed by atoms with Gasteiger partial charge in [-0.15, -0.1) is 0 Å². The number of esters is 1. The highest BCUT2D eigenvalue weighted by Gasteiger charge is 2.27. The van der Waals surface area contributed by atoms with E-state index in [1.165, 1.54) is 225 Å². The number of quaternary nitrogens is 1. The fourth-order valence-electron chi connectivity index (χ4n) is 10.4. The van der Waals surface area contributed by atoms with Gasteiger partial charge in [-0.3, -0.25) is 14.2 Å². The molecule has 0 radical (unpaired) electrons. The van der Waals surface area contributed by atoms with Crippen molar-refractivity contribution in [3.63, 3.8) is 0 Å². The minimum absolute atomic E-state index is 0.0228. The molecular weight excluding hydrogens is 1050 g/mol. The molecule has 3 atom stereocenters. The molecule has 0 spiro atoms. The van der Waals surface area contributed by atoms with Gasteiger partial charge in [-0.1, -0.05) is 294 Å². The predicted molar refractivity (Wildman–Crippen MR) is 358 cm³/mol. The number of unbranched alkanes of at least 4 members (excludes halogenated alkanes) is 41. The molecule has 9 nitrogen and oxygen atoms in total. The lowest BCUT2D eigenvalue weighted by atomic mass is 10.0. The number of hydrogen-bond acceptors (Lipinski definition) is 7. The molecule has 0 aromatic heterocycles. The maximum Gasteiger partial charge on any atom is 0.306 e. The van der Waals surface area contributed by atoms with Crippen LogP contribution in [0, 0.1) is 0 Å². The maximum atomic E-state index is 13.6. The van der Waals surface area contributed by atoms with Crippen molar-refractivity contribution < 1.29 is 37.3 Å². The zero-order valence-corrected chi connectivity index (χ0v) is 56.6. The van der Waals surface area contributed by atoms with Crippen LogP contribution in [-0.4, -0.2) is 69.4 Å². The van der Waals surface area contributed by atoms with E-state index in [1.54, 1.807) is 0 Å². The van der Waals surface area contributed by atoms with Gasteiger partial charge in [-0.2, -0.15) is 0 Å². The van der Waals surface area contributed by atoms with E-state index in [2.05, 4.69) is 74.7 Å². The summed E-state index contributed by atoms with van der Waals surface area (Å²) in [4.78, 5) is 40.1. The number of ether oxygens (including phenoxy) is 1. The van der Waals surface area contributed by atoms with Crippen LogP contribution < -0.4 is 10.2 Å². The molecule has 1 N–H and O–H groups in total. The Balaban J connectivity index is 4.97. The SMILES string of the molecule is CCCCC/C=C\C/C=C\CCCCCCCCCCCCCCCCCCCC(=O)OC(/C=C\CCCCCCCCCCC)C(COP(=O)([O-])OCC[N+](C)(C)C)NC(=O)CCCCCCCCCCC/C=C\C/C=C\CCCCC. The van der Waals surface area contributed by atoms with Crippen LogP contribution >= 0.6 is 7.82 Å². The third-order valence-corrected chi connectivity index (χ3v) is 16.9. The van der Waals surface area contributed by atoms with Crippen LogP contribution in [0.5, 0.6) is 0 Å². The minimum atomic E-state index is -4.70. The summed E-state index contributed by atoms with van der Waals surface area (Å²) < 4.78 is 30.4. The molecule has 0 saturated heterocycles. The van der Waals surface area contributed by atoms with Gasteiger partial charge < -0.3 is 28.5 Å². The average molecular weight is 1190 g/mol. The van der Waals surface area contributed by atoms with Gasteiger partial charge >= 0.3 is 5.97 Å². The van der Waals surface area contributed by atoms with Crippen molar-refractivity contribution in [3.05, 3.63) is 60.8 Å². The van der Waals surface area contributed by atoms with E-state index in [0.717, 1.165) is 83.5 Å². The van der Waals surface area contributed by atoms with Gasteiger partial charge in [0.25, 0.3) is 7.82 Å². The van der Waals surface area contributed by atoms with Gasteiger partial charge in [-0.05, 0) is 96.0 Å². The van der Waals surface area contributed by atoms with E-state index in [0.29, 0.717) is 17.4 Å². The van der Waals surface area contributed by atoms with Crippen molar-refractivity contribution in [2.45, 2.75) is 354 Å². The van der Waals surface area contributed by atoms with Crippen LogP contribution in [0.4, 0.5) is 0 Å². The number of phosphoric acid groups is 1. The number of phosphoric ester groups is 1. The van der Waals surface area contributed by atoms with E-state index < -0.39 is 20.0 Å². The highest BCUT2D eigenvalue weighted by atomic mass is 31.2. The van der Waals surface area contributed by atoms with Crippen LogP contribution in [0.2, 0.25) is 0 Å². The Labute approximate surface area is 515 Å². The summed E-state index contributed by atoms with van der Waals surface area (Å²) in [5, 5.41) is 3.04. The van der Waals surface area contributed by atoms with Crippen molar-refractivity contribution in [1.82, 2.24) is 5.32 Å². The first-order valence-electron chi connectivity index (χ1n) is 35.6. The van der Waals surface area contributed by atoms with Crippen molar-refractivity contribution >= 4 is 19.7 Å². The Bertz CT molecular complexity index is 1600. The van der Waals surface area contributed by atoms with Gasteiger partial charge in [0.2, 0.25) is 5.91 Å². The van der Waals surface area contributed by atoms with Gasteiger partial charge in [-0.25, -0.2) is 0 Å². The van der Waals surface area contributed by atoms with E-state index in [-0.39, 0.29) is 31.5 Å². The topological polar surface area (TPSA) is 114 Å². The Kier molecular flexibility index (Phi) is 61.0. The Hall–Kier alpha value is -2.29. The molecule has 3 unspecified atom stereocenters. The van der Waals surface area contributed by atoms with Gasteiger partial charge in [0.1, 0.15) is 19.3 Å². The van der Waals surface area contributed by atoms with E-state index in [9.17, 15) is 19.0 Å². The molecule has 0 aliphatic heterocycles. The Morgan fingerprint density at radius 3 is 1.11 bits per heavy atom. The zero-order chi connectivity index (χ0) is 60.7. The summed E-state index contributed by atoms with van der Waals surface area (Å²) in [6.45, 7) is 6.83. The van der Waals surface area contributed by atoms with E-state index >= 15 is 0 Å². The first-order valence-corrected chi connectivity index (χ1v) is 37.1. The van der Waals surface area contributed by atoms with E-state index in [1.807, 2.05) is 33.3 Å². The fraction of sp³-hybridized carbons (Fsp3) is 0.836. The van der Waals surface area contributed by atoms with Crippen LogP contribution in [0.25, 0.3) is 0 Å². The molecule has 1 amide bonds. The number of nitrogens with one attached hydrogen (secondary N) is 1. The smallest absolute Gasteiger partial charge is 0.306 e. The van der Waals surface area contributed by atoms with Gasteiger partial charge in [0.15, 0.2) is 0 Å². The number of rotatable bonds is 65. The maximum absolute atomic E-state index is 13.6. The molecule has 83 heavy (non-hydrogen) atoms. The van der Waals surface area contributed by atoms with Crippen LogP contribution in [0.1, 0.15) is 342 Å². The monoisotopic (exact) mass is 1190 g/mol. The first kappa shape index (κ1) is 80.7. The summed E-state index contributed by atoms with van der Waals surface area (Å²) in [7, 11) is 1.19. The quantitative estimate of drug-likeness (QED) is 0.0212. The molecule has 0 aromatic rings. The van der Waals surface area contributed by atoms with Crippen molar-refractivity contribution in [2.75, 3.05) is 40.9 Å². The predicted octanol–water partition coefficient (Wildman–Crippen LogP) is 21.9. The molecule has 0 heterocycles. The molecule has 0 rings (SSSR count). The molecular formula is C73H137N2O7P. The van der Waals surface area contributed by atoms with E-state index in [4.69, 9.17) is 13.8 Å². The second-order valence-corrected chi connectivity index (χ2v) is 26.8. The third-order valence-electron chi connectivity index (χ3n) is 15.9. The summed E-state index contributed by atoms with van der Waals surface area (Å²) in [5.74, 6) is -0.534. The number of carbonyl (C=O) groups excluding carboxylic acids is 2. The molecule has 486 valence electrons. The Morgan fingerprint density at radius 2 is 0.735 bits per heavy atom. The number of carbonyl (C=O) groups is 2. The zero-order valence-electron chi connectivity index (χ0n) is 55.7. The highest BCUT2D eigenvalue weighted by Crippen LogP contribution is 2.38. The van der Waals surface area contributed by atoms with Crippen molar-refractivity contribution in [1.29, 1.82) is 0 Å². The number of likely N-dealkylation sites (N-methyl/N-ethyl adjacent to an activating group) is 1. The number of hydrogen-bond donors (Lipinski definition) is 1. The lowest BCUT2D eigenvalue weighted by Gasteiger charge is -2.30. The number of amides is 1. The standard InChI is InChI=1S/C73H137N2O7P/c1-7-10-13-16-19-22-25-27-29-31-33-34-35-36-37-38-39-40-42-44-46-48-51-54-57-60-63-66-73(77)82-71(64-61-58-55-52-49-24-21-18-15-12-9-3)70(69-81-83(78,79)80-68-67-75(4,5)6)74-72(76)65-62-59-56-53-50-47-45-43-41-32-30-28-26-23-20-17-14-11-8-2/h19-20,22-23,27-30,61,64,70-71H,7-18,21,24-26,31-60,62-63,65-69H2,1-6H3,(H-,74,76,78,79)/b22-19-,23-20-,29-27-,30-28-,64-61-. The highest BCUT2D eigenvalue weighted by molar-refractivity contribution is 7.45. The summed E-state index contributed by atoms with van der Waals surface area (Å²) in [6, 6.07) is -0.890. The average Bonchev–Trinajstić information content (AvgIpc) is 3.51. The second kappa shape index (κ2) is 62.8. The Morgan fingerprint density at radius 1 is 0.422 bits per heavy atom. The molecule has 0 bridgehead atoms. The van der Waals surface area contributed by atoms with Crippen LogP contribution in [0.3, 0.4) is 0 Å². The minimum Gasteiger partial charge on any atom is -0.756 e. The molecule has 0 saturated carbocycles. The van der Waals surface area contributed by atoms with Gasteiger partial charge in [0, 0.05) is 12.8 Å². The first-order chi connectivity index (χ1) is 40.4. The van der Waals surface area contributed by atoms with Crippen molar-refractivity contribution in [3.8, 4) is 0 Å². The molecule has 0 aromatic carbocycles.